The third-order valence-electron chi connectivity index (χ3n) is 3.36. The zero-order valence-corrected chi connectivity index (χ0v) is 12.4. The summed E-state index contributed by atoms with van der Waals surface area (Å²) in [6, 6.07) is 7.64. The van der Waals surface area contributed by atoms with Crippen LogP contribution in [0.5, 0.6) is 0 Å². The lowest BCUT2D eigenvalue weighted by Gasteiger charge is -2.07. The fraction of sp³-hybridized carbons (Fsp3) is 0.357. The van der Waals surface area contributed by atoms with Gasteiger partial charge < -0.3 is 4.57 Å². The molecule has 1 aliphatic heterocycles. The average Bonchev–Trinajstić information content (AvgIpc) is 2.68. The van der Waals surface area contributed by atoms with E-state index in [1.54, 1.807) is 6.07 Å². The Labute approximate surface area is 126 Å². The molecule has 4 nitrogen and oxygen atoms in total. The number of benzene rings is 1. The predicted octanol–water partition coefficient (Wildman–Crippen LogP) is 3.68. The van der Waals surface area contributed by atoms with Crippen molar-refractivity contribution < 1.29 is 0 Å². The molecule has 0 spiro atoms. The number of hydrogen-bond donors (Lipinski definition) is 0. The van der Waals surface area contributed by atoms with E-state index in [4.69, 9.17) is 11.6 Å². The maximum atomic E-state index is 9.22. The number of aromatic nitrogens is 3. The number of hydrogen-bond acceptors (Lipinski definition) is 4. The molecule has 0 saturated heterocycles. The second-order valence-electron chi connectivity index (χ2n) is 4.69. The molecule has 1 aromatic carbocycles. The topological polar surface area (TPSA) is 54.5 Å². The van der Waals surface area contributed by atoms with E-state index in [0.29, 0.717) is 10.6 Å². The molecule has 0 N–H and O–H groups in total. The van der Waals surface area contributed by atoms with Gasteiger partial charge >= 0.3 is 0 Å². The van der Waals surface area contributed by atoms with Gasteiger partial charge in [-0.1, -0.05) is 24.1 Å². The molecule has 20 heavy (non-hydrogen) atoms. The normalized spacial score (nSPS) is 14.4. The van der Waals surface area contributed by atoms with E-state index in [9.17, 15) is 5.26 Å². The minimum atomic E-state index is 0.480. The molecule has 0 radical (unpaired) electrons. The summed E-state index contributed by atoms with van der Waals surface area (Å²) in [7, 11) is 0. The van der Waals surface area contributed by atoms with Crippen LogP contribution < -0.4 is 0 Å². The van der Waals surface area contributed by atoms with Gasteiger partial charge in [0.2, 0.25) is 0 Å². The molecule has 1 aromatic heterocycles. The molecule has 0 bridgehead atoms. The summed E-state index contributed by atoms with van der Waals surface area (Å²) in [5.74, 6) is 1.05. The highest BCUT2D eigenvalue weighted by atomic mass is 35.5. The molecule has 6 heteroatoms. The first-order valence-corrected chi connectivity index (χ1v) is 7.77. The Balaban J connectivity index is 1.95. The van der Waals surface area contributed by atoms with Crippen molar-refractivity contribution in [3.63, 3.8) is 0 Å². The summed E-state index contributed by atoms with van der Waals surface area (Å²) in [5.41, 5.74) is 0.505. The maximum absolute atomic E-state index is 9.22. The third-order valence-corrected chi connectivity index (χ3v) is 4.72. The Hall–Kier alpha value is -1.51. The van der Waals surface area contributed by atoms with Gasteiger partial charge in [0.1, 0.15) is 11.9 Å². The summed E-state index contributed by atoms with van der Waals surface area (Å²) < 4.78 is 2.17. The van der Waals surface area contributed by atoms with Crippen molar-refractivity contribution in [3.05, 3.63) is 34.6 Å². The van der Waals surface area contributed by atoms with Crippen molar-refractivity contribution in [2.24, 2.45) is 0 Å². The fourth-order valence-corrected chi connectivity index (χ4v) is 3.59. The van der Waals surface area contributed by atoms with E-state index in [0.717, 1.165) is 35.3 Å². The largest absolute Gasteiger partial charge is 0.306 e. The molecule has 2 aromatic rings. The van der Waals surface area contributed by atoms with Crippen LogP contribution in [0, 0.1) is 11.3 Å². The van der Waals surface area contributed by atoms with E-state index in [-0.39, 0.29) is 0 Å². The van der Waals surface area contributed by atoms with E-state index in [1.165, 1.54) is 24.6 Å². The molecule has 0 saturated carbocycles. The van der Waals surface area contributed by atoms with Crippen molar-refractivity contribution in [2.45, 2.75) is 42.3 Å². The van der Waals surface area contributed by atoms with Gasteiger partial charge in [-0.05, 0) is 36.7 Å². The quantitative estimate of drug-likeness (QED) is 0.849. The van der Waals surface area contributed by atoms with Gasteiger partial charge in [0.25, 0.3) is 0 Å². The smallest absolute Gasteiger partial charge is 0.196 e. The molecule has 1 aliphatic rings. The molecule has 3 rings (SSSR count). The molecule has 0 aliphatic carbocycles. The van der Waals surface area contributed by atoms with Crippen molar-refractivity contribution >= 4 is 23.4 Å². The van der Waals surface area contributed by atoms with Crippen molar-refractivity contribution in [2.75, 3.05) is 0 Å². The first kappa shape index (κ1) is 13.5. The van der Waals surface area contributed by atoms with Gasteiger partial charge in [-0.25, -0.2) is 0 Å². The first-order chi connectivity index (χ1) is 9.79. The Morgan fingerprint density at radius 3 is 3.00 bits per heavy atom. The van der Waals surface area contributed by atoms with E-state index in [1.807, 2.05) is 12.1 Å². The van der Waals surface area contributed by atoms with Crippen LogP contribution in [0.4, 0.5) is 0 Å². The van der Waals surface area contributed by atoms with Gasteiger partial charge in [0.15, 0.2) is 5.16 Å². The van der Waals surface area contributed by atoms with Crippen LogP contribution in [-0.4, -0.2) is 14.8 Å². The summed E-state index contributed by atoms with van der Waals surface area (Å²) in [4.78, 5) is 0.833. The monoisotopic (exact) mass is 304 g/mol. The predicted molar refractivity (Wildman–Crippen MR) is 77.9 cm³/mol. The van der Waals surface area contributed by atoms with Gasteiger partial charge in [-0.15, -0.1) is 10.2 Å². The summed E-state index contributed by atoms with van der Waals surface area (Å²) in [6.07, 6.45) is 4.53. The lowest BCUT2D eigenvalue weighted by molar-refractivity contribution is 0.591. The van der Waals surface area contributed by atoms with Crippen LogP contribution in [0.15, 0.2) is 28.3 Å². The molecule has 0 amide bonds. The Morgan fingerprint density at radius 1 is 1.25 bits per heavy atom. The van der Waals surface area contributed by atoms with Crippen molar-refractivity contribution in [1.29, 1.82) is 5.26 Å². The molecule has 0 atom stereocenters. The number of nitriles is 1. The Morgan fingerprint density at radius 2 is 2.15 bits per heavy atom. The number of halogens is 1. The van der Waals surface area contributed by atoms with Crippen molar-refractivity contribution in [1.82, 2.24) is 14.8 Å². The standard InChI is InChI=1S/C14H13ClN4S/c15-11-5-4-6-12(10(11)9-16)20-14-18-17-13-7-2-1-3-8-19(13)14/h4-6H,1-3,7-8H2. The van der Waals surface area contributed by atoms with Gasteiger partial charge in [0.05, 0.1) is 10.6 Å². The van der Waals surface area contributed by atoms with Gasteiger partial charge in [-0.2, -0.15) is 5.26 Å². The number of rotatable bonds is 2. The SMILES string of the molecule is N#Cc1c(Cl)cccc1Sc1nnc2n1CCCCC2. The van der Waals surface area contributed by atoms with Crippen LogP contribution in [0.3, 0.4) is 0 Å². The zero-order valence-electron chi connectivity index (χ0n) is 10.8. The zero-order chi connectivity index (χ0) is 13.9. The minimum absolute atomic E-state index is 0.480. The first-order valence-electron chi connectivity index (χ1n) is 6.58. The number of aryl methyl sites for hydroxylation is 1. The molecular weight excluding hydrogens is 292 g/mol. The number of nitrogens with zero attached hydrogens (tertiary/aromatic N) is 4. The summed E-state index contributed by atoms with van der Waals surface area (Å²) in [6.45, 7) is 0.952. The second-order valence-corrected chi connectivity index (χ2v) is 6.10. The average molecular weight is 305 g/mol. The highest BCUT2D eigenvalue weighted by Crippen LogP contribution is 2.33. The molecule has 0 unspecified atom stereocenters. The summed E-state index contributed by atoms with van der Waals surface area (Å²) in [5, 5.41) is 19.1. The van der Waals surface area contributed by atoms with Gasteiger partial charge in [-0.3, -0.25) is 0 Å². The van der Waals surface area contributed by atoms with Crippen LogP contribution in [0.25, 0.3) is 0 Å². The van der Waals surface area contributed by atoms with Crippen LogP contribution in [-0.2, 0) is 13.0 Å². The van der Waals surface area contributed by atoms with Crippen LogP contribution >= 0.6 is 23.4 Å². The maximum Gasteiger partial charge on any atom is 0.196 e. The van der Waals surface area contributed by atoms with E-state index < -0.39 is 0 Å². The lowest BCUT2D eigenvalue weighted by atomic mass is 10.2. The van der Waals surface area contributed by atoms with Crippen LogP contribution in [0.1, 0.15) is 30.7 Å². The fourth-order valence-electron chi connectivity index (χ4n) is 2.33. The van der Waals surface area contributed by atoms with Crippen molar-refractivity contribution in [3.8, 4) is 6.07 Å². The van der Waals surface area contributed by atoms with Gasteiger partial charge in [0, 0.05) is 17.9 Å². The molecular formula is C14H13ClN4S. The Kier molecular flexibility index (Phi) is 3.95. The third kappa shape index (κ3) is 2.54. The molecule has 102 valence electrons. The summed E-state index contributed by atoms with van der Waals surface area (Å²) >= 11 is 7.53. The second kappa shape index (κ2) is 5.86. The highest BCUT2D eigenvalue weighted by Gasteiger charge is 2.17. The molecule has 0 fully saturated rings. The Bertz CT molecular complexity index is 674. The number of fused-ring (bicyclic) bond motifs is 1. The van der Waals surface area contributed by atoms with E-state index in [2.05, 4.69) is 20.8 Å². The highest BCUT2D eigenvalue weighted by molar-refractivity contribution is 7.99. The van der Waals surface area contributed by atoms with E-state index >= 15 is 0 Å². The minimum Gasteiger partial charge on any atom is -0.306 e. The lowest BCUT2D eigenvalue weighted by Crippen LogP contribution is -2.02. The van der Waals surface area contributed by atoms with Crippen LogP contribution in [0.2, 0.25) is 5.02 Å². The molecule has 2 heterocycles.